The van der Waals surface area contributed by atoms with Gasteiger partial charge in [0.05, 0.1) is 6.10 Å². The predicted molar refractivity (Wildman–Crippen MR) is 60.5 cm³/mol. The molecule has 0 bridgehead atoms. The highest BCUT2D eigenvalue weighted by Gasteiger charge is 2.21. The average molecular weight is 206 g/mol. The van der Waals surface area contributed by atoms with Crippen LogP contribution in [-0.4, -0.2) is 23.8 Å². The fourth-order valence-electron chi connectivity index (χ4n) is 2.05. The van der Waals surface area contributed by atoms with Crippen molar-refractivity contribution >= 4 is 0 Å². The highest BCUT2D eigenvalue weighted by molar-refractivity contribution is 5.23. The molecule has 15 heavy (non-hydrogen) atoms. The number of aliphatic hydroxyl groups is 1. The van der Waals surface area contributed by atoms with Gasteiger partial charge in [0.2, 0.25) is 0 Å². The first-order valence-electron chi connectivity index (χ1n) is 5.47. The van der Waals surface area contributed by atoms with Crippen molar-refractivity contribution in [3.63, 3.8) is 0 Å². The highest BCUT2D eigenvalue weighted by Crippen LogP contribution is 2.13. The van der Waals surface area contributed by atoms with Crippen molar-refractivity contribution in [2.24, 2.45) is 5.73 Å². The summed E-state index contributed by atoms with van der Waals surface area (Å²) in [7, 11) is 0. The van der Waals surface area contributed by atoms with E-state index in [1.165, 1.54) is 5.56 Å². The summed E-state index contributed by atoms with van der Waals surface area (Å²) in [5.74, 6) is 0. The van der Waals surface area contributed by atoms with E-state index in [2.05, 4.69) is 29.6 Å². The number of aliphatic hydroxyl groups excluding tert-OH is 1. The predicted octanol–water partition coefficient (Wildman–Crippen LogP) is 0.411. The van der Waals surface area contributed by atoms with Gasteiger partial charge in [0.15, 0.2) is 0 Å². The Morgan fingerprint density at radius 1 is 1.27 bits per heavy atom. The molecular weight excluding hydrogens is 188 g/mol. The van der Waals surface area contributed by atoms with E-state index in [0.717, 1.165) is 24.9 Å². The monoisotopic (exact) mass is 206 g/mol. The molecule has 0 radical (unpaired) electrons. The zero-order valence-electron chi connectivity index (χ0n) is 8.82. The Hall–Kier alpha value is -0.900. The van der Waals surface area contributed by atoms with E-state index >= 15 is 0 Å². The van der Waals surface area contributed by atoms with Gasteiger partial charge in [0.25, 0.3) is 0 Å². The van der Waals surface area contributed by atoms with E-state index in [0.29, 0.717) is 12.6 Å². The summed E-state index contributed by atoms with van der Waals surface area (Å²) in [6.45, 7) is 1.33. The molecule has 2 rings (SSSR count). The Morgan fingerprint density at radius 3 is 2.47 bits per heavy atom. The van der Waals surface area contributed by atoms with Crippen molar-refractivity contribution in [1.29, 1.82) is 0 Å². The van der Waals surface area contributed by atoms with Crippen molar-refractivity contribution in [3.05, 3.63) is 35.4 Å². The molecule has 1 aromatic rings. The second-order valence-corrected chi connectivity index (χ2v) is 4.22. The van der Waals surface area contributed by atoms with Gasteiger partial charge in [0, 0.05) is 19.1 Å². The molecule has 1 aromatic carbocycles. The molecule has 3 heteroatoms. The maximum Gasteiger partial charge on any atom is 0.0679 e. The maximum absolute atomic E-state index is 9.38. The zero-order valence-corrected chi connectivity index (χ0v) is 8.82. The number of hydrogen-bond acceptors (Lipinski definition) is 3. The first-order valence-corrected chi connectivity index (χ1v) is 5.47. The van der Waals surface area contributed by atoms with E-state index in [9.17, 15) is 5.11 Å². The SMILES string of the molecule is NCc1ccc(C[C@@H]2C[C@@H](O)CN2)cc1. The molecule has 0 aliphatic carbocycles. The Labute approximate surface area is 90.3 Å². The summed E-state index contributed by atoms with van der Waals surface area (Å²) in [5, 5.41) is 12.7. The van der Waals surface area contributed by atoms with Crippen LogP contribution in [0.25, 0.3) is 0 Å². The largest absolute Gasteiger partial charge is 0.392 e. The lowest BCUT2D eigenvalue weighted by Gasteiger charge is -2.10. The van der Waals surface area contributed by atoms with Crippen LogP contribution in [0.1, 0.15) is 17.5 Å². The summed E-state index contributed by atoms with van der Waals surface area (Å²) >= 11 is 0. The van der Waals surface area contributed by atoms with E-state index < -0.39 is 0 Å². The third kappa shape index (κ3) is 2.78. The molecule has 1 aliphatic rings. The molecule has 0 aromatic heterocycles. The lowest BCUT2D eigenvalue weighted by Crippen LogP contribution is -2.23. The van der Waals surface area contributed by atoms with Crippen molar-refractivity contribution in [1.82, 2.24) is 5.32 Å². The van der Waals surface area contributed by atoms with Gasteiger partial charge >= 0.3 is 0 Å². The standard InChI is InChI=1S/C12H18N2O/c13-7-10-3-1-9(2-4-10)5-11-6-12(15)8-14-11/h1-4,11-12,14-15H,5-8,13H2/t11-,12-/m1/s1. The minimum atomic E-state index is -0.168. The molecule has 1 saturated heterocycles. The lowest BCUT2D eigenvalue weighted by atomic mass is 10.0. The number of benzene rings is 1. The summed E-state index contributed by atoms with van der Waals surface area (Å²) in [4.78, 5) is 0. The molecule has 0 unspecified atom stereocenters. The van der Waals surface area contributed by atoms with Crippen molar-refractivity contribution in [2.75, 3.05) is 6.54 Å². The maximum atomic E-state index is 9.38. The topological polar surface area (TPSA) is 58.3 Å². The molecule has 1 heterocycles. The van der Waals surface area contributed by atoms with Crippen LogP contribution >= 0.6 is 0 Å². The number of hydrogen-bond donors (Lipinski definition) is 3. The van der Waals surface area contributed by atoms with Crippen molar-refractivity contribution in [2.45, 2.75) is 31.5 Å². The van der Waals surface area contributed by atoms with E-state index in [4.69, 9.17) is 5.73 Å². The second kappa shape index (κ2) is 4.75. The second-order valence-electron chi connectivity index (χ2n) is 4.22. The fraction of sp³-hybridized carbons (Fsp3) is 0.500. The lowest BCUT2D eigenvalue weighted by molar-refractivity contribution is 0.193. The first kappa shape index (κ1) is 10.6. The van der Waals surface area contributed by atoms with Crippen molar-refractivity contribution < 1.29 is 5.11 Å². The fourth-order valence-corrected chi connectivity index (χ4v) is 2.05. The normalized spacial score (nSPS) is 25.7. The van der Waals surface area contributed by atoms with Crippen LogP contribution in [0.5, 0.6) is 0 Å². The quantitative estimate of drug-likeness (QED) is 0.671. The summed E-state index contributed by atoms with van der Waals surface area (Å²) < 4.78 is 0. The Kier molecular flexibility index (Phi) is 3.36. The van der Waals surface area contributed by atoms with Gasteiger partial charge in [-0.1, -0.05) is 24.3 Å². The third-order valence-electron chi connectivity index (χ3n) is 2.94. The molecular formula is C12H18N2O. The van der Waals surface area contributed by atoms with Gasteiger partial charge in [-0.2, -0.15) is 0 Å². The minimum absolute atomic E-state index is 0.168. The van der Waals surface area contributed by atoms with Gasteiger partial charge in [-0.05, 0) is 24.0 Å². The van der Waals surface area contributed by atoms with Crippen LogP contribution in [-0.2, 0) is 13.0 Å². The number of rotatable bonds is 3. The molecule has 0 spiro atoms. The minimum Gasteiger partial charge on any atom is -0.392 e. The summed E-state index contributed by atoms with van der Waals surface area (Å²) in [6, 6.07) is 8.80. The van der Waals surface area contributed by atoms with E-state index in [1.54, 1.807) is 0 Å². The van der Waals surface area contributed by atoms with Crippen LogP contribution in [0.2, 0.25) is 0 Å². The van der Waals surface area contributed by atoms with Crippen LogP contribution in [0.3, 0.4) is 0 Å². The smallest absolute Gasteiger partial charge is 0.0679 e. The summed E-state index contributed by atoms with van der Waals surface area (Å²) in [6.07, 6.45) is 1.68. The molecule has 3 nitrogen and oxygen atoms in total. The van der Waals surface area contributed by atoms with Crippen molar-refractivity contribution in [3.8, 4) is 0 Å². The van der Waals surface area contributed by atoms with Crippen LogP contribution in [0, 0.1) is 0 Å². The number of nitrogens with one attached hydrogen (secondary N) is 1. The van der Waals surface area contributed by atoms with Gasteiger partial charge in [-0.3, -0.25) is 0 Å². The van der Waals surface area contributed by atoms with Crippen LogP contribution < -0.4 is 11.1 Å². The average Bonchev–Trinajstić information content (AvgIpc) is 2.65. The Morgan fingerprint density at radius 2 is 1.93 bits per heavy atom. The van der Waals surface area contributed by atoms with E-state index in [1.807, 2.05) is 0 Å². The molecule has 82 valence electrons. The number of β-amino-alcohol motifs (C(OH)–C–C–N with tert-alkyl or cyclic N) is 1. The van der Waals surface area contributed by atoms with Gasteiger partial charge in [-0.25, -0.2) is 0 Å². The van der Waals surface area contributed by atoms with Crippen LogP contribution in [0.15, 0.2) is 24.3 Å². The van der Waals surface area contributed by atoms with E-state index in [-0.39, 0.29) is 6.10 Å². The number of nitrogens with two attached hydrogens (primary N) is 1. The zero-order chi connectivity index (χ0) is 10.7. The molecule has 2 atom stereocenters. The first-order chi connectivity index (χ1) is 7.28. The van der Waals surface area contributed by atoms with Gasteiger partial charge in [0.1, 0.15) is 0 Å². The Bertz CT molecular complexity index is 310. The van der Waals surface area contributed by atoms with Gasteiger partial charge < -0.3 is 16.2 Å². The molecule has 1 fully saturated rings. The molecule has 1 aliphatic heterocycles. The van der Waals surface area contributed by atoms with Crippen LogP contribution in [0.4, 0.5) is 0 Å². The molecule has 0 amide bonds. The van der Waals surface area contributed by atoms with Gasteiger partial charge in [-0.15, -0.1) is 0 Å². The summed E-state index contributed by atoms with van der Waals surface area (Å²) in [5.41, 5.74) is 8.01. The Balaban J connectivity index is 1.93. The molecule has 4 N–H and O–H groups in total. The third-order valence-corrected chi connectivity index (χ3v) is 2.94. The molecule has 0 saturated carbocycles. The highest BCUT2D eigenvalue weighted by atomic mass is 16.3.